The van der Waals surface area contributed by atoms with Crippen LogP contribution in [0.3, 0.4) is 0 Å². The van der Waals surface area contributed by atoms with E-state index in [-0.39, 0.29) is 34.1 Å². The van der Waals surface area contributed by atoms with Crippen molar-refractivity contribution in [2.24, 2.45) is 5.73 Å². The molecular weight excluding hydrogens is 539 g/mol. The van der Waals surface area contributed by atoms with E-state index in [2.05, 4.69) is 10.2 Å². The van der Waals surface area contributed by atoms with Crippen molar-refractivity contribution in [3.63, 3.8) is 0 Å². The van der Waals surface area contributed by atoms with Crippen LogP contribution in [-0.2, 0) is 4.74 Å². The van der Waals surface area contributed by atoms with E-state index in [1.54, 1.807) is 9.47 Å². The summed E-state index contributed by atoms with van der Waals surface area (Å²) in [6, 6.07) is 11.5. The summed E-state index contributed by atoms with van der Waals surface area (Å²) in [6.07, 6.45) is 2.95. The maximum absolute atomic E-state index is 16.1. The average molecular weight is 573 g/mol. The van der Waals surface area contributed by atoms with Crippen molar-refractivity contribution in [2.75, 3.05) is 63.5 Å². The summed E-state index contributed by atoms with van der Waals surface area (Å²) in [4.78, 5) is 31.3. The van der Waals surface area contributed by atoms with Crippen molar-refractivity contribution in [3.05, 3.63) is 64.2 Å². The number of hydrogen-bond donors (Lipinski definition) is 3. The van der Waals surface area contributed by atoms with Gasteiger partial charge in [-0.3, -0.25) is 14.5 Å². The van der Waals surface area contributed by atoms with Crippen LogP contribution in [0.2, 0.25) is 0 Å². The lowest BCUT2D eigenvalue weighted by atomic mass is 10.0. The number of nitrogens with two attached hydrogens (primary N) is 2. The summed E-state index contributed by atoms with van der Waals surface area (Å²) >= 11 is 0. The van der Waals surface area contributed by atoms with Gasteiger partial charge in [0.15, 0.2) is 17.3 Å². The number of aromatic nitrogens is 1. The molecule has 4 aromatic rings. The Balaban J connectivity index is 1.37. The number of nitrogens with zero attached hydrogens (tertiary/aromatic N) is 3. The molecule has 3 aromatic carbocycles. The fourth-order valence-electron chi connectivity index (χ4n) is 6.22. The van der Waals surface area contributed by atoms with Crippen LogP contribution in [0.1, 0.15) is 23.2 Å². The number of morpholine rings is 1. The van der Waals surface area contributed by atoms with E-state index in [1.807, 2.05) is 36.4 Å². The molecule has 1 aromatic heterocycles. The molecule has 7 rings (SSSR count). The zero-order valence-electron chi connectivity index (χ0n) is 23.2. The minimum atomic E-state index is -0.774. The molecule has 3 aliphatic rings. The van der Waals surface area contributed by atoms with Crippen molar-refractivity contribution in [1.29, 1.82) is 0 Å². The van der Waals surface area contributed by atoms with Gasteiger partial charge < -0.3 is 35.7 Å². The lowest BCUT2D eigenvalue weighted by Crippen LogP contribution is -2.37. The molecule has 0 radical (unpaired) electrons. The first kappa shape index (κ1) is 26.7. The number of nitrogen functional groups attached to an aromatic ring is 1. The van der Waals surface area contributed by atoms with Gasteiger partial charge in [-0.25, -0.2) is 4.39 Å². The second-order valence-corrected chi connectivity index (χ2v) is 11.2. The van der Waals surface area contributed by atoms with E-state index in [0.717, 1.165) is 36.8 Å². The van der Waals surface area contributed by atoms with E-state index >= 15 is 4.39 Å². The van der Waals surface area contributed by atoms with Gasteiger partial charge in [0.05, 0.1) is 30.0 Å². The topological polar surface area (TPSA) is 128 Å². The van der Waals surface area contributed by atoms with Crippen LogP contribution in [0.4, 0.5) is 15.8 Å². The molecule has 3 aliphatic heterocycles. The quantitative estimate of drug-likeness (QED) is 0.209. The SMILES string of the molecule is Nc1c(F)c(NCCCN2CCOCC2)c2c3c1c(=O)c(C(=O)N1CCC(N)C1)cn3-c1cc3ccccc3cc1O2. The number of carbonyl (C=O) groups is 1. The predicted molar refractivity (Wildman–Crippen MR) is 160 cm³/mol. The number of fused-ring (bicyclic) bond motifs is 3. The van der Waals surface area contributed by atoms with Crippen LogP contribution in [-0.4, -0.2) is 78.8 Å². The molecule has 42 heavy (non-hydrogen) atoms. The minimum Gasteiger partial charge on any atom is -0.451 e. The maximum Gasteiger partial charge on any atom is 0.259 e. The number of halogens is 1. The first-order valence-electron chi connectivity index (χ1n) is 14.4. The molecule has 0 bridgehead atoms. The van der Waals surface area contributed by atoms with Crippen LogP contribution in [0.15, 0.2) is 47.4 Å². The number of amides is 1. The fraction of sp³-hybridized carbons (Fsp3) is 0.355. The van der Waals surface area contributed by atoms with Crippen molar-refractivity contribution in [3.8, 4) is 17.2 Å². The van der Waals surface area contributed by atoms with E-state index in [0.29, 0.717) is 56.2 Å². The monoisotopic (exact) mass is 572 g/mol. The highest BCUT2D eigenvalue weighted by atomic mass is 19.1. The van der Waals surface area contributed by atoms with Gasteiger partial charge >= 0.3 is 0 Å². The molecule has 1 amide bonds. The first-order valence-corrected chi connectivity index (χ1v) is 14.4. The third kappa shape index (κ3) is 4.44. The Kier molecular flexibility index (Phi) is 6.72. The zero-order valence-corrected chi connectivity index (χ0v) is 23.2. The molecule has 1 atom stereocenters. The molecule has 11 heteroatoms. The highest BCUT2D eigenvalue weighted by molar-refractivity contribution is 6.06. The lowest BCUT2D eigenvalue weighted by Gasteiger charge is -2.28. The lowest BCUT2D eigenvalue weighted by molar-refractivity contribution is 0.0378. The second kappa shape index (κ2) is 10.6. The second-order valence-electron chi connectivity index (χ2n) is 11.2. The summed E-state index contributed by atoms with van der Waals surface area (Å²) in [5.41, 5.74) is 12.4. The van der Waals surface area contributed by atoms with Crippen LogP contribution in [0.25, 0.3) is 27.4 Å². The molecule has 4 heterocycles. The van der Waals surface area contributed by atoms with E-state index in [4.69, 9.17) is 20.9 Å². The number of likely N-dealkylation sites (tertiary alicyclic amines) is 1. The maximum atomic E-state index is 16.1. The van der Waals surface area contributed by atoms with Gasteiger partial charge in [0.1, 0.15) is 16.8 Å². The molecule has 218 valence electrons. The van der Waals surface area contributed by atoms with Crippen LogP contribution >= 0.6 is 0 Å². The van der Waals surface area contributed by atoms with Crippen molar-refractivity contribution in [1.82, 2.24) is 14.4 Å². The van der Waals surface area contributed by atoms with Crippen molar-refractivity contribution < 1.29 is 18.7 Å². The number of carbonyl (C=O) groups excluding carboxylic acids is 1. The van der Waals surface area contributed by atoms with Crippen LogP contribution < -0.4 is 26.9 Å². The van der Waals surface area contributed by atoms with Gasteiger partial charge in [-0.1, -0.05) is 24.3 Å². The summed E-state index contributed by atoms with van der Waals surface area (Å²) in [5, 5.41) is 5.01. The Labute approximate surface area is 241 Å². The number of ether oxygens (including phenoxy) is 2. The number of pyridine rings is 1. The molecule has 0 aliphatic carbocycles. The van der Waals surface area contributed by atoms with Gasteiger partial charge in [0.25, 0.3) is 5.91 Å². The van der Waals surface area contributed by atoms with Gasteiger partial charge in [0, 0.05) is 45.0 Å². The Bertz CT molecular complexity index is 1780. The minimum absolute atomic E-state index is 0.0745. The standard InChI is InChI=1S/C31H33FN6O4/c32-25-26(34)24-28-30(27(25)35-7-3-8-36-10-12-41-13-11-36)42-23-15-19-5-2-1-4-18(19)14-22(23)38(28)17-21(29(24)39)31(40)37-9-6-20(33)16-37/h1-2,4-5,14-15,17,20,35H,3,6-13,16,33-34H2. The fourth-order valence-corrected chi connectivity index (χ4v) is 6.22. The Morgan fingerprint density at radius 2 is 1.88 bits per heavy atom. The molecule has 10 nitrogen and oxygen atoms in total. The molecule has 1 unspecified atom stereocenters. The van der Waals surface area contributed by atoms with Crippen LogP contribution in [0.5, 0.6) is 11.5 Å². The van der Waals surface area contributed by atoms with Crippen molar-refractivity contribution in [2.45, 2.75) is 18.9 Å². The molecule has 0 spiro atoms. The van der Waals surface area contributed by atoms with E-state index in [9.17, 15) is 9.59 Å². The van der Waals surface area contributed by atoms with Crippen molar-refractivity contribution >= 4 is 39.0 Å². The zero-order chi connectivity index (χ0) is 29.0. The number of hydrogen-bond acceptors (Lipinski definition) is 8. The van der Waals surface area contributed by atoms with Gasteiger partial charge in [-0.2, -0.15) is 0 Å². The molecule has 2 fully saturated rings. The first-order chi connectivity index (χ1) is 20.4. The van der Waals surface area contributed by atoms with E-state index < -0.39 is 17.2 Å². The summed E-state index contributed by atoms with van der Waals surface area (Å²) in [6.45, 7) is 5.26. The molecule has 0 saturated carbocycles. The predicted octanol–water partition coefficient (Wildman–Crippen LogP) is 3.28. The highest BCUT2D eigenvalue weighted by Crippen LogP contribution is 2.48. The molecular formula is C31H33FN6O4. The highest BCUT2D eigenvalue weighted by Gasteiger charge is 2.33. The van der Waals surface area contributed by atoms with Crippen LogP contribution in [0, 0.1) is 5.82 Å². The Hall–Kier alpha value is -4.19. The van der Waals surface area contributed by atoms with Gasteiger partial charge in [-0.15, -0.1) is 0 Å². The smallest absolute Gasteiger partial charge is 0.259 e. The summed E-state index contributed by atoms with van der Waals surface area (Å²) in [7, 11) is 0. The Morgan fingerprint density at radius 1 is 1.12 bits per heavy atom. The Morgan fingerprint density at radius 3 is 2.62 bits per heavy atom. The third-order valence-corrected chi connectivity index (χ3v) is 8.47. The summed E-state index contributed by atoms with van der Waals surface area (Å²) < 4.78 is 29.6. The normalized spacial score (nSPS) is 18.3. The average Bonchev–Trinajstić information content (AvgIpc) is 3.45. The number of nitrogens with one attached hydrogen (secondary N) is 1. The number of anilines is 2. The number of rotatable bonds is 6. The van der Waals surface area contributed by atoms with Gasteiger partial charge in [-0.05, 0) is 42.3 Å². The molecule has 5 N–H and O–H groups in total. The summed E-state index contributed by atoms with van der Waals surface area (Å²) in [5.74, 6) is -0.568. The third-order valence-electron chi connectivity index (χ3n) is 8.47. The van der Waals surface area contributed by atoms with E-state index in [1.165, 1.54) is 6.20 Å². The molecule has 2 saturated heterocycles. The van der Waals surface area contributed by atoms with Gasteiger partial charge in [0.2, 0.25) is 5.43 Å². The largest absolute Gasteiger partial charge is 0.451 e. The number of benzene rings is 3.